The lowest BCUT2D eigenvalue weighted by Gasteiger charge is -2.02. The Labute approximate surface area is 102 Å². The van der Waals surface area contributed by atoms with Crippen LogP contribution in [0.2, 0.25) is 0 Å². The molecule has 0 aliphatic heterocycles. The standard InChI is InChI=1S/C9H10N4O3S/c1-5(11-12-9(10)17)6-2-3-8(14)7(4-6)13(15)16/h2-4,14H,1H3,(H3,10,12,17)/b11-5-. The lowest BCUT2D eigenvalue weighted by Crippen LogP contribution is -2.25. The number of hydrazone groups is 1. The number of hydrogen-bond donors (Lipinski definition) is 3. The fourth-order valence-electron chi connectivity index (χ4n) is 1.10. The molecule has 0 unspecified atom stereocenters. The van der Waals surface area contributed by atoms with Crippen molar-refractivity contribution < 1.29 is 10.0 Å². The van der Waals surface area contributed by atoms with Crippen molar-refractivity contribution in [2.24, 2.45) is 10.8 Å². The SMILES string of the molecule is C/C(=N/NC(N)=S)c1ccc(O)c([N+](=O)[O-])c1. The fourth-order valence-corrected chi connectivity index (χ4v) is 1.14. The van der Waals surface area contributed by atoms with Gasteiger partial charge >= 0.3 is 5.69 Å². The van der Waals surface area contributed by atoms with E-state index >= 15 is 0 Å². The van der Waals surface area contributed by atoms with Gasteiger partial charge in [0.05, 0.1) is 10.6 Å². The summed E-state index contributed by atoms with van der Waals surface area (Å²) >= 11 is 4.56. The summed E-state index contributed by atoms with van der Waals surface area (Å²) in [5.74, 6) is -0.395. The largest absolute Gasteiger partial charge is 0.502 e. The molecule has 0 atom stereocenters. The van der Waals surface area contributed by atoms with Gasteiger partial charge in [-0.1, -0.05) is 0 Å². The zero-order chi connectivity index (χ0) is 13.0. The van der Waals surface area contributed by atoms with E-state index in [1.165, 1.54) is 18.2 Å². The highest BCUT2D eigenvalue weighted by Gasteiger charge is 2.14. The predicted molar refractivity (Wildman–Crippen MR) is 66.9 cm³/mol. The van der Waals surface area contributed by atoms with Crippen molar-refractivity contribution in [3.05, 3.63) is 33.9 Å². The minimum Gasteiger partial charge on any atom is -0.502 e. The van der Waals surface area contributed by atoms with Crippen LogP contribution in [0.5, 0.6) is 5.75 Å². The molecular formula is C9H10N4O3S. The number of rotatable bonds is 3. The highest BCUT2D eigenvalue weighted by atomic mass is 32.1. The van der Waals surface area contributed by atoms with E-state index in [0.717, 1.165) is 0 Å². The molecule has 7 nitrogen and oxygen atoms in total. The second kappa shape index (κ2) is 5.21. The second-order valence-electron chi connectivity index (χ2n) is 3.13. The number of nitro benzene ring substituents is 1. The molecule has 0 bridgehead atoms. The van der Waals surface area contributed by atoms with E-state index in [1.807, 2.05) is 0 Å². The number of phenolic OH excluding ortho intramolecular Hbond substituents is 1. The van der Waals surface area contributed by atoms with Crippen LogP contribution in [0.1, 0.15) is 12.5 Å². The molecule has 4 N–H and O–H groups in total. The third-order valence-corrected chi connectivity index (χ3v) is 2.01. The molecule has 0 radical (unpaired) electrons. The van der Waals surface area contributed by atoms with Gasteiger partial charge in [0, 0.05) is 11.6 Å². The summed E-state index contributed by atoms with van der Waals surface area (Å²) in [5.41, 5.74) is 8.12. The number of nitrogens with two attached hydrogens (primary N) is 1. The van der Waals surface area contributed by atoms with Gasteiger partial charge in [0.25, 0.3) is 0 Å². The van der Waals surface area contributed by atoms with Crippen molar-refractivity contribution in [2.75, 3.05) is 0 Å². The van der Waals surface area contributed by atoms with E-state index < -0.39 is 10.7 Å². The first-order valence-electron chi connectivity index (χ1n) is 4.49. The quantitative estimate of drug-likeness (QED) is 0.319. The van der Waals surface area contributed by atoms with Crippen molar-refractivity contribution in [1.82, 2.24) is 5.43 Å². The first kappa shape index (κ1) is 12.8. The smallest absolute Gasteiger partial charge is 0.311 e. The zero-order valence-electron chi connectivity index (χ0n) is 8.88. The van der Waals surface area contributed by atoms with Crippen LogP contribution in [0.4, 0.5) is 5.69 Å². The average molecular weight is 254 g/mol. The van der Waals surface area contributed by atoms with Crippen molar-refractivity contribution in [3.8, 4) is 5.75 Å². The molecule has 1 rings (SSSR count). The van der Waals surface area contributed by atoms with Crippen LogP contribution in [0.3, 0.4) is 0 Å². The molecule has 17 heavy (non-hydrogen) atoms. The highest BCUT2D eigenvalue weighted by molar-refractivity contribution is 7.80. The number of hydrogen-bond acceptors (Lipinski definition) is 5. The maximum Gasteiger partial charge on any atom is 0.311 e. The van der Waals surface area contributed by atoms with Gasteiger partial charge in [0.2, 0.25) is 0 Å². The Kier molecular flexibility index (Phi) is 3.94. The summed E-state index contributed by atoms with van der Waals surface area (Å²) in [6, 6.07) is 3.95. The Morgan fingerprint density at radius 1 is 1.65 bits per heavy atom. The Hall–Kier alpha value is -2.22. The molecule has 1 aromatic carbocycles. The molecule has 0 spiro atoms. The van der Waals surface area contributed by atoms with E-state index in [2.05, 4.69) is 22.7 Å². The molecule has 0 heterocycles. The van der Waals surface area contributed by atoms with Gasteiger partial charge < -0.3 is 10.8 Å². The number of phenols is 1. The molecule has 0 amide bonds. The summed E-state index contributed by atoms with van der Waals surface area (Å²) in [5, 5.41) is 23.7. The number of nitrogens with zero attached hydrogens (tertiary/aromatic N) is 2. The maximum atomic E-state index is 10.6. The zero-order valence-corrected chi connectivity index (χ0v) is 9.69. The van der Waals surface area contributed by atoms with Crippen LogP contribution in [0, 0.1) is 10.1 Å². The molecule has 0 aromatic heterocycles. The van der Waals surface area contributed by atoms with E-state index in [9.17, 15) is 15.2 Å². The summed E-state index contributed by atoms with van der Waals surface area (Å²) < 4.78 is 0. The van der Waals surface area contributed by atoms with Gasteiger partial charge in [-0.2, -0.15) is 5.10 Å². The number of nitro groups is 1. The molecule has 1 aromatic rings. The third-order valence-electron chi connectivity index (χ3n) is 1.92. The van der Waals surface area contributed by atoms with Crippen molar-refractivity contribution >= 4 is 28.7 Å². The molecule has 8 heteroatoms. The Morgan fingerprint density at radius 3 is 2.82 bits per heavy atom. The first-order chi connectivity index (χ1) is 7.91. The lowest BCUT2D eigenvalue weighted by atomic mass is 10.1. The summed E-state index contributed by atoms with van der Waals surface area (Å²) in [4.78, 5) is 9.94. The van der Waals surface area contributed by atoms with Crippen LogP contribution >= 0.6 is 12.2 Å². The number of aromatic hydroxyl groups is 1. The number of nitrogens with one attached hydrogen (secondary N) is 1. The minimum absolute atomic E-state index is 0.00220. The Bertz CT molecular complexity index is 501. The van der Waals surface area contributed by atoms with Crippen molar-refractivity contribution in [2.45, 2.75) is 6.92 Å². The fraction of sp³-hybridized carbons (Fsp3) is 0.111. The molecule has 0 saturated carbocycles. The third kappa shape index (κ3) is 3.38. The number of benzene rings is 1. The molecule has 0 aliphatic rings. The Morgan fingerprint density at radius 2 is 2.29 bits per heavy atom. The van der Waals surface area contributed by atoms with Crippen molar-refractivity contribution in [1.29, 1.82) is 0 Å². The molecule has 0 fully saturated rings. The maximum absolute atomic E-state index is 10.6. The average Bonchev–Trinajstić information content (AvgIpc) is 2.26. The molecule has 0 aliphatic carbocycles. The van der Waals surface area contributed by atoms with E-state index in [-0.39, 0.29) is 10.8 Å². The topological polar surface area (TPSA) is 114 Å². The summed E-state index contributed by atoms with van der Waals surface area (Å²) in [7, 11) is 0. The summed E-state index contributed by atoms with van der Waals surface area (Å²) in [6.07, 6.45) is 0. The molecular weight excluding hydrogens is 244 g/mol. The van der Waals surface area contributed by atoms with Gasteiger partial charge in [-0.25, -0.2) is 0 Å². The van der Waals surface area contributed by atoms with Crippen molar-refractivity contribution in [3.63, 3.8) is 0 Å². The van der Waals surface area contributed by atoms with Crippen LogP contribution in [-0.4, -0.2) is 20.9 Å². The first-order valence-corrected chi connectivity index (χ1v) is 4.90. The predicted octanol–water partition coefficient (Wildman–Crippen LogP) is 0.858. The van der Waals surface area contributed by atoms with E-state index in [0.29, 0.717) is 11.3 Å². The van der Waals surface area contributed by atoms with E-state index in [1.54, 1.807) is 6.92 Å². The van der Waals surface area contributed by atoms with Crippen LogP contribution in [0.25, 0.3) is 0 Å². The molecule has 90 valence electrons. The van der Waals surface area contributed by atoms with Crippen LogP contribution < -0.4 is 11.2 Å². The molecule has 0 saturated heterocycles. The van der Waals surface area contributed by atoms with Gasteiger partial charge in [-0.3, -0.25) is 15.5 Å². The highest BCUT2D eigenvalue weighted by Crippen LogP contribution is 2.26. The van der Waals surface area contributed by atoms with Crippen LogP contribution in [0.15, 0.2) is 23.3 Å². The van der Waals surface area contributed by atoms with E-state index in [4.69, 9.17) is 5.73 Å². The lowest BCUT2D eigenvalue weighted by molar-refractivity contribution is -0.385. The monoisotopic (exact) mass is 254 g/mol. The number of thiocarbonyl (C=S) groups is 1. The van der Waals surface area contributed by atoms with Gasteiger partial charge in [-0.05, 0) is 31.3 Å². The van der Waals surface area contributed by atoms with Gasteiger partial charge in [0.1, 0.15) is 0 Å². The van der Waals surface area contributed by atoms with Crippen LogP contribution in [-0.2, 0) is 0 Å². The normalized spacial score (nSPS) is 11.0. The Balaban J connectivity index is 3.07. The van der Waals surface area contributed by atoms with Gasteiger partial charge in [-0.15, -0.1) is 0 Å². The van der Waals surface area contributed by atoms with Gasteiger partial charge in [0.15, 0.2) is 10.9 Å². The summed E-state index contributed by atoms with van der Waals surface area (Å²) in [6.45, 7) is 1.63. The minimum atomic E-state index is -0.674. The second-order valence-corrected chi connectivity index (χ2v) is 3.57.